The molecular weight excluding hydrogens is 395 g/mol. The summed E-state index contributed by atoms with van der Waals surface area (Å²) in [6.45, 7) is 0. The largest absolute Gasteiger partial charge is 0.504 e. The molecule has 0 aliphatic carbocycles. The average molecular weight is 409 g/mol. The third-order valence-electron chi connectivity index (χ3n) is 4.34. The van der Waals surface area contributed by atoms with E-state index in [1.807, 2.05) is 54.6 Å². The van der Waals surface area contributed by atoms with E-state index in [4.69, 9.17) is 27.9 Å². The molecule has 0 amide bonds. The summed E-state index contributed by atoms with van der Waals surface area (Å²) >= 11 is 12.0. The minimum absolute atomic E-state index is 0.0385. The van der Waals surface area contributed by atoms with Crippen LogP contribution in [0.5, 0.6) is 0 Å². The van der Waals surface area contributed by atoms with E-state index in [1.165, 1.54) is 0 Å². The van der Waals surface area contributed by atoms with Gasteiger partial charge in [-0.25, -0.2) is 4.79 Å². The number of carbonyl (C=O) groups excluding carboxylic acids is 1. The van der Waals surface area contributed by atoms with Gasteiger partial charge in [-0.3, -0.25) is 0 Å². The van der Waals surface area contributed by atoms with Gasteiger partial charge in [-0.15, -0.1) is 0 Å². The van der Waals surface area contributed by atoms with Crippen LogP contribution in [0, 0.1) is 0 Å². The number of esters is 1. The van der Waals surface area contributed by atoms with Crippen LogP contribution in [0.15, 0.2) is 84.3 Å². The smallest absolute Gasteiger partial charge is 0.348 e. The molecule has 1 heterocycles. The van der Waals surface area contributed by atoms with E-state index in [0.29, 0.717) is 15.6 Å². The van der Waals surface area contributed by atoms with E-state index in [2.05, 4.69) is 0 Å². The van der Waals surface area contributed by atoms with Crippen LogP contribution in [0.3, 0.4) is 0 Å². The lowest BCUT2D eigenvalue weighted by Gasteiger charge is -2.03. The number of hydrogen-bond donors (Lipinski definition) is 1. The highest BCUT2D eigenvalue weighted by molar-refractivity contribution is 6.35. The number of ether oxygens (including phenoxy) is 1. The van der Waals surface area contributed by atoms with Crippen molar-refractivity contribution in [3.8, 4) is 11.1 Å². The molecule has 28 heavy (non-hydrogen) atoms. The molecular formula is C23H14Cl2O3. The van der Waals surface area contributed by atoms with Gasteiger partial charge in [0.05, 0.1) is 0 Å². The molecule has 0 radical (unpaired) electrons. The summed E-state index contributed by atoms with van der Waals surface area (Å²) in [5, 5.41) is 11.3. The maximum atomic E-state index is 12.3. The highest BCUT2D eigenvalue weighted by atomic mass is 35.5. The molecule has 138 valence electrons. The van der Waals surface area contributed by atoms with E-state index < -0.39 is 5.97 Å². The van der Waals surface area contributed by atoms with Crippen molar-refractivity contribution in [2.24, 2.45) is 0 Å². The Hall–Kier alpha value is -3.01. The SMILES string of the molecule is O=C1OC(=Cc2ccc(-c3ccccc3)cc2)C(O)=C1c1cc(Cl)cc(Cl)c1. The van der Waals surface area contributed by atoms with Crippen LogP contribution in [0.4, 0.5) is 0 Å². The summed E-state index contributed by atoms with van der Waals surface area (Å²) in [5.74, 6) is -0.804. The summed E-state index contributed by atoms with van der Waals surface area (Å²) < 4.78 is 5.25. The molecule has 0 atom stereocenters. The van der Waals surface area contributed by atoms with Crippen molar-refractivity contribution in [2.45, 2.75) is 0 Å². The van der Waals surface area contributed by atoms with Crippen LogP contribution in [-0.2, 0) is 9.53 Å². The number of carbonyl (C=O) groups is 1. The Bertz CT molecular complexity index is 1090. The third kappa shape index (κ3) is 3.68. The number of benzene rings is 3. The molecule has 0 bridgehead atoms. The summed E-state index contributed by atoms with van der Waals surface area (Å²) in [6.07, 6.45) is 1.61. The summed E-state index contributed by atoms with van der Waals surface area (Å²) in [5.41, 5.74) is 3.41. The van der Waals surface area contributed by atoms with Gasteiger partial charge in [0.15, 0.2) is 11.5 Å². The van der Waals surface area contributed by atoms with Crippen molar-refractivity contribution < 1.29 is 14.6 Å². The Morgan fingerprint density at radius 2 is 1.39 bits per heavy atom. The van der Waals surface area contributed by atoms with Gasteiger partial charge in [0, 0.05) is 10.0 Å². The molecule has 1 N–H and O–H groups in total. The van der Waals surface area contributed by atoms with Gasteiger partial charge >= 0.3 is 5.97 Å². The molecule has 4 rings (SSSR count). The highest BCUT2D eigenvalue weighted by Gasteiger charge is 2.31. The molecule has 0 fully saturated rings. The molecule has 5 heteroatoms. The second kappa shape index (κ2) is 7.55. The third-order valence-corrected chi connectivity index (χ3v) is 4.78. The fourth-order valence-electron chi connectivity index (χ4n) is 3.02. The Morgan fingerprint density at radius 3 is 2.04 bits per heavy atom. The zero-order valence-corrected chi connectivity index (χ0v) is 16.0. The van der Waals surface area contributed by atoms with Crippen LogP contribution in [0.2, 0.25) is 10.0 Å². The monoisotopic (exact) mass is 408 g/mol. The first-order chi connectivity index (χ1) is 13.5. The topological polar surface area (TPSA) is 46.5 Å². The Labute approximate surface area is 172 Å². The first-order valence-corrected chi connectivity index (χ1v) is 9.26. The summed E-state index contributed by atoms with van der Waals surface area (Å²) in [6, 6.07) is 22.4. The fourth-order valence-corrected chi connectivity index (χ4v) is 3.55. The van der Waals surface area contributed by atoms with Gasteiger partial charge in [0.2, 0.25) is 0 Å². The lowest BCUT2D eigenvalue weighted by Crippen LogP contribution is -1.98. The number of aliphatic hydroxyl groups is 1. The van der Waals surface area contributed by atoms with Crippen LogP contribution in [0.1, 0.15) is 11.1 Å². The van der Waals surface area contributed by atoms with E-state index >= 15 is 0 Å². The molecule has 3 nitrogen and oxygen atoms in total. The zero-order valence-electron chi connectivity index (χ0n) is 14.5. The van der Waals surface area contributed by atoms with Crippen molar-refractivity contribution in [1.29, 1.82) is 0 Å². The first-order valence-electron chi connectivity index (χ1n) is 8.51. The second-order valence-corrected chi connectivity index (χ2v) is 7.14. The number of rotatable bonds is 3. The Kier molecular flexibility index (Phi) is 4.95. The van der Waals surface area contributed by atoms with Gasteiger partial charge in [0.1, 0.15) is 5.57 Å². The maximum Gasteiger partial charge on any atom is 0.348 e. The van der Waals surface area contributed by atoms with Crippen LogP contribution >= 0.6 is 23.2 Å². The van der Waals surface area contributed by atoms with E-state index in [9.17, 15) is 9.90 Å². The summed E-state index contributed by atoms with van der Waals surface area (Å²) in [4.78, 5) is 12.3. The molecule has 1 aliphatic heterocycles. The van der Waals surface area contributed by atoms with Crippen molar-refractivity contribution in [2.75, 3.05) is 0 Å². The van der Waals surface area contributed by atoms with Gasteiger partial charge < -0.3 is 9.84 Å². The fraction of sp³-hybridized carbons (Fsp3) is 0. The summed E-state index contributed by atoms with van der Waals surface area (Å²) in [7, 11) is 0. The van der Waals surface area contributed by atoms with Gasteiger partial charge in [-0.05, 0) is 46.5 Å². The molecule has 0 unspecified atom stereocenters. The highest BCUT2D eigenvalue weighted by Crippen LogP contribution is 2.35. The predicted octanol–water partition coefficient (Wildman–Crippen LogP) is 6.53. The molecule has 0 saturated carbocycles. The number of cyclic esters (lactones) is 1. The predicted molar refractivity (Wildman–Crippen MR) is 112 cm³/mol. The Morgan fingerprint density at radius 1 is 0.786 bits per heavy atom. The number of hydrogen-bond acceptors (Lipinski definition) is 3. The minimum Gasteiger partial charge on any atom is -0.504 e. The van der Waals surface area contributed by atoms with E-state index in [0.717, 1.165) is 16.7 Å². The lowest BCUT2D eigenvalue weighted by molar-refractivity contribution is -0.131. The van der Waals surface area contributed by atoms with Crippen molar-refractivity contribution in [3.63, 3.8) is 0 Å². The second-order valence-electron chi connectivity index (χ2n) is 6.27. The first kappa shape index (κ1) is 18.4. The molecule has 0 aromatic heterocycles. The van der Waals surface area contributed by atoms with Gasteiger partial charge in [-0.2, -0.15) is 0 Å². The molecule has 1 aliphatic rings. The quantitative estimate of drug-likeness (QED) is 0.501. The number of aliphatic hydroxyl groups excluding tert-OH is 1. The normalized spacial score (nSPS) is 15.2. The molecule has 0 saturated heterocycles. The van der Waals surface area contributed by atoms with Crippen LogP contribution < -0.4 is 0 Å². The van der Waals surface area contributed by atoms with Crippen molar-refractivity contribution >= 4 is 40.8 Å². The van der Waals surface area contributed by atoms with Crippen LogP contribution in [-0.4, -0.2) is 11.1 Å². The standard InChI is InChI=1S/C23H14Cl2O3/c24-18-11-17(12-19(25)13-18)21-22(26)20(28-23(21)27)10-14-6-8-16(9-7-14)15-4-2-1-3-5-15/h1-13,26H. The van der Waals surface area contributed by atoms with E-state index in [-0.39, 0.29) is 17.1 Å². The van der Waals surface area contributed by atoms with Crippen LogP contribution in [0.25, 0.3) is 22.8 Å². The van der Waals surface area contributed by atoms with Crippen molar-refractivity contribution in [1.82, 2.24) is 0 Å². The Balaban J connectivity index is 1.67. The van der Waals surface area contributed by atoms with E-state index in [1.54, 1.807) is 24.3 Å². The zero-order chi connectivity index (χ0) is 19.7. The average Bonchev–Trinajstić information content (AvgIpc) is 2.95. The number of halogens is 2. The van der Waals surface area contributed by atoms with Gasteiger partial charge in [-0.1, -0.05) is 77.8 Å². The molecule has 3 aromatic rings. The van der Waals surface area contributed by atoms with Crippen molar-refractivity contribution in [3.05, 3.63) is 105 Å². The van der Waals surface area contributed by atoms with Gasteiger partial charge in [0.25, 0.3) is 0 Å². The minimum atomic E-state index is -0.650. The lowest BCUT2D eigenvalue weighted by atomic mass is 10.0. The molecule has 3 aromatic carbocycles. The molecule has 0 spiro atoms. The maximum absolute atomic E-state index is 12.3.